The molecule has 0 aliphatic rings. The molecule has 0 fully saturated rings. The summed E-state index contributed by atoms with van der Waals surface area (Å²) in [5.74, 6) is 0.278. The number of aromatic nitrogens is 3. The van der Waals surface area contributed by atoms with Gasteiger partial charge in [0.25, 0.3) is 0 Å². The summed E-state index contributed by atoms with van der Waals surface area (Å²) in [5, 5.41) is 11.3. The number of hydrogen-bond donors (Lipinski definition) is 3. The highest BCUT2D eigenvalue weighted by atomic mass is 35.6. The van der Waals surface area contributed by atoms with Crippen molar-refractivity contribution >= 4 is 46.8 Å². The van der Waals surface area contributed by atoms with Crippen LogP contribution in [0.2, 0.25) is 0 Å². The number of urea groups is 1. The highest BCUT2D eigenvalue weighted by molar-refractivity contribution is 6.68. The average Bonchev–Trinajstić information content (AvgIpc) is 2.67. The van der Waals surface area contributed by atoms with Gasteiger partial charge >= 0.3 is 6.03 Å². The standard InChI is InChI=1S/C7H11Cl3N6O/c1-16(2)6(17)14-4(7(8,9)10)13-5-11-3-12-15-5/h3-4H,1-2H3,(H,14,17)(H2,11,12,13,15). The number of amides is 2. The molecule has 7 nitrogen and oxygen atoms in total. The number of aromatic amines is 1. The SMILES string of the molecule is CN(C)C(=O)NC(Nc1ncn[nH]1)C(Cl)(Cl)Cl. The number of H-pyrrole nitrogens is 1. The lowest BCUT2D eigenvalue weighted by atomic mass is 10.5. The number of anilines is 1. The van der Waals surface area contributed by atoms with E-state index in [2.05, 4.69) is 25.8 Å². The van der Waals surface area contributed by atoms with Crippen molar-refractivity contribution in [1.29, 1.82) is 0 Å². The maximum atomic E-state index is 11.5. The second-order valence-electron chi connectivity index (χ2n) is 3.30. The van der Waals surface area contributed by atoms with E-state index in [1.165, 1.54) is 11.2 Å². The van der Waals surface area contributed by atoms with Gasteiger partial charge in [0.15, 0.2) is 6.17 Å². The first kappa shape index (κ1) is 14.1. The maximum absolute atomic E-state index is 11.5. The molecular weight excluding hydrogens is 290 g/mol. The summed E-state index contributed by atoms with van der Waals surface area (Å²) in [7, 11) is 3.14. The monoisotopic (exact) mass is 300 g/mol. The Morgan fingerprint density at radius 1 is 1.53 bits per heavy atom. The molecule has 1 aromatic heterocycles. The molecule has 2 amide bonds. The summed E-state index contributed by atoms with van der Waals surface area (Å²) in [5.41, 5.74) is 0. The fraction of sp³-hybridized carbons (Fsp3) is 0.571. The van der Waals surface area contributed by atoms with E-state index in [0.29, 0.717) is 0 Å². The van der Waals surface area contributed by atoms with Crippen LogP contribution in [0.5, 0.6) is 0 Å². The number of carbonyl (C=O) groups is 1. The summed E-state index contributed by atoms with van der Waals surface area (Å²) in [4.78, 5) is 16.6. The van der Waals surface area contributed by atoms with Crippen LogP contribution in [0, 0.1) is 0 Å². The number of carbonyl (C=O) groups excluding carboxylic acids is 1. The van der Waals surface area contributed by atoms with E-state index in [1.54, 1.807) is 14.1 Å². The Morgan fingerprint density at radius 3 is 2.59 bits per heavy atom. The van der Waals surface area contributed by atoms with Crippen LogP contribution in [-0.2, 0) is 0 Å². The third kappa shape index (κ3) is 4.45. The van der Waals surface area contributed by atoms with E-state index in [1.807, 2.05) is 0 Å². The van der Waals surface area contributed by atoms with E-state index >= 15 is 0 Å². The molecule has 17 heavy (non-hydrogen) atoms. The second kappa shape index (κ2) is 5.61. The van der Waals surface area contributed by atoms with Crippen LogP contribution >= 0.6 is 34.8 Å². The van der Waals surface area contributed by atoms with Gasteiger partial charge in [0.05, 0.1) is 0 Å². The van der Waals surface area contributed by atoms with Gasteiger partial charge in [-0.2, -0.15) is 10.1 Å². The Hall–Kier alpha value is -0.920. The van der Waals surface area contributed by atoms with Gasteiger partial charge in [-0.05, 0) is 0 Å². The van der Waals surface area contributed by atoms with Crippen LogP contribution in [0.15, 0.2) is 6.33 Å². The molecule has 0 saturated carbocycles. The fourth-order valence-electron chi connectivity index (χ4n) is 0.864. The van der Waals surface area contributed by atoms with Gasteiger partial charge in [0, 0.05) is 14.1 Å². The first-order chi connectivity index (χ1) is 7.80. The van der Waals surface area contributed by atoms with E-state index < -0.39 is 16.0 Å². The molecule has 1 unspecified atom stereocenters. The predicted octanol–water partition coefficient (Wildman–Crippen LogP) is 1.18. The molecule has 0 bridgehead atoms. The van der Waals surface area contributed by atoms with Crippen molar-refractivity contribution < 1.29 is 4.79 Å². The Balaban J connectivity index is 2.72. The number of alkyl halides is 3. The number of hydrogen-bond acceptors (Lipinski definition) is 4. The zero-order valence-corrected chi connectivity index (χ0v) is 11.3. The van der Waals surface area contributed by atoms with Gasteiger partial charge in [-0.1, -0.05) is 34.8 Å². The Labute approximate surface area is 113 Å². The number of nitrogens with one attached hydrogen (secondary N) is 3. The van der Waals surface area contributed by atoms with Crippen LogP contribution in [0.1, 0.15) is 0 Å². The molecule has 3 N–H and O–H groups in total. The largest absolute Gasteiger partial charge is 0.331 e. The minimum atomic E-state index is -1.74. The lowest BCUT2D eigenvalue weighted by Crippen LogP contribution is -2.52. The molecule has 0 aliphatic heterocycles. The van der Waals surface area contributed by atoms with Crippen molar-refractivity contribution in [1.82, 2.24) is 25.4 Å². The van der Waals surface area contributed by atoms with E-state index in [-0.39, 0.29) is 5.95 Å². The summed E-state index contributed by atoms with van der Waals surface area (Å²) < 4.78 is -1.74. The van der Waals surface area contributed by atoms with Crippen molar-refractivity contribution in [2.75, 3.05) is 19.4 Å². The normalized spacial score (nSPS) is 13.0. The molecular formula is C7H11Cl3N6O. The van der Waals surface area contributed by atoms with Crippen LogP contribution in [0.4, 0.5) is 10.7 Å². The summed E-state index contributed by atoms with van der Waals surface area (Å²) in [6.45, 7) is 0. The molecule has 0 aliphatic carbocycles. The van der Waals surface area contributed by atoms with Gasteiger partial charge in [0.2, 0.25) is 9.74 Å². The summed E-state index contributed by atoms with van der Waals surface area (Å²) in [6, 6.07) is -0.409. The Bertz CT molecular complexity index is 362. The zero-order valence-electron chi connectivity index (χ0n) is 9.04. The highest BCUT2D eigenvalue weighted by Crippen LogP contribution is 2.30. The van der Waals surface area contributed by atoms with Gasteiger partial charge in [0.1, 0.15) is 6.33 Å². The van der Waals surface area contributed by atoms with Gasteiger partial charge < -0.3 is 15.5 Å². The smallest absolute Gasteiger partial charge is 0.318 e. The molecule has 1 rings (SSSR count). The molecule has 0 radical (unpaired) electrons. The van der Waals surface area contributed by atoms with E-state index in [9.17, 15) is 4.79 Å². The molecule has 10 heteroatoms. The van der Waals surface area contributed by atoms with Crippen molar-refractivity contribution in [3.05, 3.63) is 6.33 Å². The summed E-state index contributed by atoms with van der Waals surface area (Å²) >= 11 is 17.2. The second-order valence-corrected chi connectivity index (χ2v) is 5.67. The minimum absolute atomic E-state index is 0.278. The lowest BCUT2D eigenvalue weighted by Gasteiger charge is -2.27. The Kier molecular flexibility index (Phi) is 4.67. The van der Waals surface area contributed by atoms with Gasteiger partial charge in [-0.25, -0.2) is 9.89 Å². The molecule has 1 atom stereocenters. The number of rotatable bonds is 3. The van der Waals surface area contributed by atoms with Crippen molar-refractivity contribution in [3.8, 4) is 0 Å². The maximum Gasteiger partial charge on any atom is 0.318 e. The third-order valence-corrected chi connectivity index (χ3v) is 2.35. The van der Waals surface area contributed by atoms with Gasteiger partial charge in [-0.15, -0.1) is 0 Å². The molecule has 1 heterocycles. The Morgan fingerprint density at radius 2 is 2.18 bits per heavy atom. The summed E-state index contributed by atoms with van der Waals surface area (Å²) in [6.07, 6.45) is 0.335. The third-order valence-electron chi connectivity index (χ3n) is 1.70. The zero-order chi connectivity index (χ0) is 13.1. The fourth-order valence-corrected chi connectivity index (χ4v) is 1.19. The van der Waals surface area contributed by atoms with Crippen LogP contribution in [0.25, 0.3) is 0 Å². The van der Waals surface area contributed by atoms with Crippen molar-refractivity contribution in [2.45, 2.75) is 9.96 Å². The molecule has 0 spiro atoms. The highest BCUT2D eigenvalue weighted by Gasteiger charge is 2.34. The molecule has 96 valence electrons. The molecule has 0 saturated heterocycles. The predicted molar refractivity (Wildman–Crippen MR) is 66.3 cm³/mol. The minimum Gasteiger partial charge on any atom is -0.331 e. The first-order valence-electron chi connectivity index (χ1n) is 4.47. The topological polar surface area (TPSA) is 85.9 Å². The quantitative estimate of drug-likeness (QED) is 0.578. The van der Waals surface area contributed by atoms with Crippen LogP contribution in [0.3, 0.4) is 0 Å². The van der Waals surface area contributed by atoms with Crippen molar-refractivity contribution in [3.63, 3.8) is 0 Å². The molecule has 0 aromatic carbocycles. The number of nitrogens with zero attached hydrogens (tertiary/aromatic N) is 3. The van der Waals surface area contributed by atoms with Gasteiger partial charge in [-0.3, -0.25) is 0 Å². The number of halogens is 3. The van der Waals surface area contributed by atoms with Crippen LogP contribution in [-0.4, -0.2) is 50.2 Å². The van der Waals surface area contributed by atoms with E-state index in [0.717, 1.165) is 0 Å². The van der Waals surface area contributed by atoms with Crippen molar-refractivity contribution in [2.24, 2.45) is 0 Å². The van der Waals surface area contributed by atoms with E-state index in [4.69, 9.17) is 34.8 Å². The average molecular weight is 302 g/mol. The van der Waals surface area contributed by atoms with Crippen LogP contribution < -0.4 is 10.6 Å². The lowest BCUT2D eigenvalue weighted by molar-refractivity contribution is 0.214. The molecule has 1 aromatic rings. The first-order valence-corrected chi connectivity index (χ1v) is 5.60.